The standard InChI is InChI=1S/C32H38N4O4/c1-27(2)28(3,4)34(38)25(33(27)37)19-17-21-12-11-20-13-15-23(26-35(39)29(5,6)30(7,8)36(26)40)24-16-14-22(18-19)31(21,9)32(20,24)10/h11-18H,1-10H3/t31-,32-/m0/s1. The maximum Gasteiger partial charge on any atom is 0.317 e. The summed E-state index contributed by atoms with van der Waals surface area (Å²) >= 11 is 0. The summed E-state index contributed by atoms with van der Waals surface area (Å²) in [4.78, 5) is 0. The molecule has 4 aliphatic carbocycles. The third-order valence-corrected chi connectivity index (χ3v) is 11.8. The molecule has 0 N–H and O–H groups in total. The van der Waals surface area contributed by atoms with Crippen molar-refractivity contribution in [2.24, 2.45) is 10.8 Å². The van der Waals surface area contributed by atoms with Gasteiger partial charge in [-0.1, -0.05) is 54.4 Å². The van der Waals surface area contributed by atoms with E-state index in [1.54, 1.807) is 55.4 Å². The monoisotopic (exact) mass is 542 g/mol. The summed E-state index contributed by atoms with van der Waals surface area (Å²) in [5.74, 6) is 0.236. The molecule has 0 amide bonds. The third-order valence-electron chi connectivity index (χ3n) is 11.8. The highest BCUT2D eigenvalue weighted by molar-refractivity contribution is 6.03. The fraction of sp³-hybridized carbons (Fsp3) is 0.500. The van der Waals surface area contributed by atoms with Crippen molar-refractivity contribution in [3.8, 4) is 0 Å². The quantitative estimate of drug-likeness (QED) is 0.344. The summed E-state index contributed by atoms with van der Waals surface area (Å²) < 4.78 is 1.72. The van der Waals surface area contributed by atoms with Crippen LogP contribution in [0.2, 0.25) is 0 Å². The van der Waals surface area contributed by atoms with Gasteiger partial charge >= 0.3 is 11.7 Å². The molecule has 0 bridgehead atoms. The van der Waals surface area contributed by atoms with Gasteiger partial charge in [-0.15, -0.1) is 0 Å². The van der Waals surface area contributed by atoms with Gasteiger partial charge in [0.15, 0.2) is 11.1 Å². The number of allylic oxidation sites excluding steroid dienone is 10. The maximum atomic E-state index is 13.6. The lowest BCUT2D eigenvalue weighted by atomic mass is 9.45. The van der Waals surface area contributed by atoms with Gasteiger partial charge in [0.05, 0.1) is 11.1 Å². The number of hydrogen-bond acceptors (Lipinski definition) is 4. The minimum absolute atomic E-state index is 0.110. The van der Waals surface area contributed by atoms with Crippen LogP contribution in [0.4, 0.5) is 0 Å². The van der Waals surface area contributed by atoms with E-state index in [1.165, 1.54) is 0 Å². The predicted octanol–water partition coefficient (Wildman–Crippen LogP) is 5.42. The smallest absolute Gasteiger partial charge is 0.317 e. The molecule has 8 heteroatoms. The Balaban J connectivity index is 1.56. The number of hydroxylamine groups is 6. The van der Waals surface area contributed by atoms with Gasteiger partial charge in [0, 0.05) is 21.2 Å². The van der Waals surface area contributed by atoms with Crippen LogP contribution in [0.15, 0.2) is 82.0 Å². The Morgan fingerprint density at radius 2 is 1.10 bits per heavy atom. The molecule has 0 saturated carbocycles. The van der Waals surface area contributed by atoms with Crippen molar-refractivity contribution >= 4 is 11.7 Å². The zero-order valence-electron chi connectivity index (χ0n) is 25.0. The highest BCUT2D eigenvalue weighted by Gasteiger charge is 2.65. The summed E-state index contributed by atoms with van der Waals surface area (Å²) in [6.07, 6.45) is 15.9. The van der Waals surface area contributed by atoms with E-state index in [-0.39, 0.29) is 11.7 Å². The van der Waals surface area contributed by atoms with Gasteiger partial charge in [-0.05, 0) is 95.9 Å². The van der Waals surface area contributed by atoms with Gasteiger partial charge < -0.3 is 10.4 Å². The van der Waals surface area contributed by atoms with Crippen molar-refractivity contribution in [3.63, 3.8) is 0 Å². The van der Waals surface area contributed by atoms with Crippen molar-refractivity contribution in [2.45, 2.75) is 91.4 Å². The number of rotatable bonds is 2. The number of amidine groups is 2. The Morgan fingerprint density at radius 3 is 1.62 bits per heavy atom. The van der Waals surface area contributed by atoms with Gasteiger partial charge in [0.2, 0.25) is 0 Å². The van der Waals surface area contributed by atoms with E-state index in [0.29, 0.717) is 11.1 Å². The molecule has 0 aromatic carbocycles. The molecule has 0 aromatic rings. The van der Waals surface area contributed by atoms with Crippen LogP contribution in [0.25, 0.3) is 0 Å². The van der Waals surface area contributed by atoms with E-state index in [0.717, 1.165) is 41.9 Å². The van der Waals surface area contributed by atoms with E-state index in [4.69, 9.17) is 0 Å². The first-order chi connectivity index (χ1) is 18.3. The van der Waals surface area contributed by atoms with Crippen molar-refractivity contribution in [1.29, 1.82) is 0 Å². The highest BCUT2D eigenvalue weighted by Crippen LogP contribution is 2.66. The molecule has 0 aromatic heterocycles. The van der Waals surface area contributed by atoms with Crippen molar-refractivity contribution in [3.05, 3.63) is 92.5 Å². The van der Waals surface area contributed by atoms with Crippen LogP contribution in [-0.4, -0.2) is 53.4 Å². The molecule has 2 radical (unpaired) electrons. The van der Waals surface area contributed by atoms with Crippen molar-refractivity contribution in [1.82, 2.24) is 10.1 Å². The Hall–Kier alpha value is -3.36. The molecular weight excluding hydrogens is 504 g/mol. The van der Waals surface area contributed by atoms with Crippen molar-refractivity contribution < 1.29 is 19.9 Å². The second-order valence-electron chi connectivity index (χ2n) is 14.2. The lowest BCUT2D eigenvalue weighted by Gasteiger charge is -2.56. The van der Waals surface area contributed by atoms with Crippen LogP contribution >= 0.6 is 0 Å². The summed E-state index contributed by atoms with van der Waals surface area (Å²) in [5, 5.41) is 55.9. The van der Waals surface area contributed by atoms with Crippen LogP contribution in [-0.2, 0) is 10.4 Å². The molecule has 8 nitrogen and oxygen atoms in total. The average Bonchev–Trinajstić information content (AvgIpc) is 3.06. The zero-order chi connectivity index (χ0) is 29.6. The largest absolute Gasteiger partial charge is 0.714 e. The Morgan fingerprint density at radius 1 is 0.600 bits per heavy atom. The van der Waals surface area contributed by atoms with Crippen molar-refractivity contribution in [2.75, 3.05) is 0 Å². The molecule has 6 rings (SSSR count). The molecule has 210 valence electrons. The van der Waals surface area contributed by atoms with Crippen LogP contribution < -0.4 is 0 Å². The maximum absolute atomic E-state index is 13.6. The molecule has 0 fully saturated rings. The minimum atomic E-state index is -0.926. The first-order valence-corrected chi connectivity index (χ1v) is 13.9. The zero-order valence-corrected chi connectivity index (χ0v) is 25.0. The van der Waals surface area contributed by atoms with E-state index >= 15 is 0 Å². The van der Waals surface area contributed by atoms with Gasteiger partial charge in [-0.3, -0.25) is 9.48 Å². The summed E-state index contributed by atoms with van der Waals surface area (Å²) in [6, 6.07) is 0. The fourth-order valence-corrected chi connectivity index (χ4v) is 7.08. The topological polar surface area (TPSA) is 98.4 Å². The molecule has 0 unspecified atom stereocenters. The second kappa shape index (κ2) is 7.28. The van der Waals surface area contributed by atoms with Crippen LogP contribution in [0, 0.1) is 21.2 Å². The van der Waals surface area contributed by atoms with E-state index in [9.17, 15) is 20.8 Å². The van der Waals surface area contributed by atoms with E-state index < -0.39 is 33.0 Å². The first-order valence-electron chi connectivity index (χ1n) is 13.9. The normalized spacial score (nSPS) is 34.2. The van der Waals surface area contributed by atoms with E-state index in [2.05, 4.69) is 26.0 Å². The lowest BCUT2D eigenvalue weighted by molar-refractivity contribution is -0.539. The first kappa shape index (κ1) is 26.8. The number of hydrogen-bond donors (Lipinski definition) is 0. The fourth-order valence-electron chi connectivity index (χ4n) is 7.08. The van der Waals surface area contributed by atoms with Gasteiger partial charge in [-0.2, -0.15) is 0 Å². The lowest BCUT2D eigenvalue weighted by Crippen LogP contribution is -2.53. The SMILES string of the molecule is CC1(C)N([O])C(C2=CC3=CC=C4C(C5=[N+]([O-])C(C)(C)C(C)(C)N5[O])=CC=C5C=CC(=C2)[C@]3(C)[C@@]54C)=[N+]([O-])C1(C)C. The second-order valence-corrected chi connectivity index (χ2v) is 14.2. The van der Waals surface area contributed by atoms with Gasteiger partial charge in [0.25, 0.3) is 0 Å². The minimum Gasteiger partial charge on any atom is -0.714 e. The number of nitrogens with zero attached hydrogens (tertiary/aromatic N) is 4. The van der Waals surface area contributed by atoms with Gasteiger partial charge in [-0.25, -0.2) is 0 Å². The summed E-state index contributed by atoms with van der Waals surface area (Å²) in [6.45, 7) is 18.7. The molecule has 40 heavy (non-hydrogen) atoms. The molecular formula is C32H38N4O4. The Kier molecular flexibility index (Phi) is 4.89. The molecule has 0 saturated heterocycles. The molecule has 0 spiro atoms. The molecule has 2 atom stereocenters. The molecule has 6 aliphatic rings. The summed E-state index contributed by atoms with van der Waals surface area (Å²) in [5.41, 5.74) is 0.278. The summed E-state index contributed by atoms with van der Waals surface area (Å²) in [7, 11) is 0. The van der Waals surface area contributed by atoms with Crippen LogP contribution in [0.3, 0.4) is 0 Å². The Labute approximate surface area is 236 Å². The van der Waals surface area contributed by atoms with Gasteiger partial charge in [0.1, 0.15) is 11.1 Å². The average molecular weight is 543 g/mol. The highest BCUT2D eigenvalue weighted by atomic mass is 16.5. The Bertz CT molecular complexity index is 1570. The molecule has 2 heterocycles. The predicted molar refractivity (Wildman–Crippen MR) is 152 cm³/mol. The third kappa shape index (κ3) is 2.61. The van der Waals surface area contributed by atoms with Crippen LogP contribution in [0.1, 0.15) is 69.2 Å². The molecule has 2 aliphatic heterocycles. The van der Waals surface area contributed by atoms with E-state index in [1.807, 2.05) is 36.5 Å². The van der Waals surface area contributed by atoms with Crippen LogP contribution in [0.5, 0.6) is 0 Å².